The molecule has 0 spiro atoms. The normalized spacial score (nSPS) is 21.2. The van der Waals surface area contributed by atoms with E-state index in [2.05, 4.69) is 20.8 Å². The fourth-order valence-electron chi connectivity index (χ4n) is 4.39. The first-order chi connectivity index (χ1) is 15.8. The molecule has 0 bridgehead atoms. The first-order valence-corrected chi connectivity index (χ1v) is 11.0. The van der Waals surface area contributed by atoms with Crippen molar-refractivity contribution in [3.8, 4) is 11.4 Å². The minimum Gasteiger partial charge on any atom is -0.493 e. The number of benzene rings is 2. The molecule has 0 saturated carbocycles. The SMILES string of the molecule is CCCOc1ccc(-n2nnnc2C(F)(F)F)cc1C[C@@]1(c2ccccc2)NCCC[C@@H]1N. The first kappa shape index (κ1) is 23.2. The number of alkyl halides is 3. The lowest BCUT2D eigenvalue weighted by Crippen LogP contribution is -2.60. The van der Waals surface area contributed by atoms with Gasteiger partial charge in [-0.05, 0) is 72.0 Å². The van der Waals surface area contributed by atoms with Gasteiger partial charge in [-0.25, -0.2) is 0 Å². The molecule has 10 heteroatoms. The maximum atomic E-state index is 13.4. The Balaban J connectivity index is 1.80. The number of hydrogen-bond donors (Lipinski definition) is 2. The number of nitrogens with zero attached hydrogens (tertiary/aromatic N) is 4. The Bertz CT molecular complexity index is 1070. The lowest BCUT2D eigenvalue weighted by Gasteiger charge is -2.44. The summed E-state index contributed by atoms with van der Waals surface area (Å²) in [6.07, 6.45) is -1.66. The number of tetrazole rings is 1. The van der Waals surface area contributed by atoms with Crippen molar-refractivity contribution < 1.29 is 17.9 Å². The quantitative estimate of drug-likeness (QED) is 0.560. The van der Waals surface area contributed by atoms with Gasteiger partial charge in [0.15, 0.2) is 0 Å². The molecule has 33 heavy (non-hydrogen) atoms. The van der Waals surface area contributed by atoms with Gasteiger partial charge in [0, 0.05) is 6.04 Å². The van der Waals surface area contributed by atoms with E-state index in [4.69, 9.17) is 10.5 Å². The van der Waals surface area contributed by atoms with Gasteiger partial charge < -0.3 is 15.8 Å². The Hall–Kier alpha value is -2.98. The standard InChI is InChI=1S/C23H27F3N6O/c1-2-13-33-19-11-10-18(32-21(23(24,25)26)29-30-31-32)14-16(19)15-22(17-7-4-3-5-8-17)20(27)9-6-12-28-22/h3-5,7-8,10-11,14,20,28H,2,6,9,12-13,15,27H2,1H3/t20-,22-/m0/s1. The van der Waals surface area contributed by atoms with E-state index >= 15 is 0 Å². The molecular formula is C23H27F3N6O. The Kier molecular flexibility index (Phi) is 6.66. The van der Waals surface area contributed by atoms with Crippen molar-refractivity contribution in [2.45, 2.75) is 50.4 Å². The Morgan fingerprint density at radius 2 is 2.00 bits per heavy atom. The van der Waals surface area contributed by atoms with Gasteiger partial charge in [0.2, 0.25) is 0 Å². The lowest BCUT2D eigenvalue weighted by molar-refractivity contribution is -0.146. The summed E-state index contributed by atoms with van der Waals surface area (Å²) in [5.74, 6) is -0.571. The maximum absolute atomic E-state index is 13.4. The second-order valence-corrected chi connectivity index (χ2v) is 8.24. The molecule has 3 aromatic rings. The summed E-state index contributed by atoms with van der Waals surface area (Å²) in [6, 6.07) is 14.6. The van der Waals surface area contributed by atoms with Crippen LogP contribution in [0.1, 0.15) is 43.1 Å². The van der Waals surface area contributed by atoms with E-state index in [0.717, 1.165) is 36.9 Å². The average Bonchev–Trinajstić information content (AvgIpc) is 3.31. The molecule has 1 fully saturated rings. The summed E-state index contributed by atoms with van der Waals surface area (Å²) in [7, 11) is 0. The van der Waals surface area contributed by atoms with Gasteiger partial charge in [-0.15, -0.1) is 5.10 Å². The van der Waals surface area contributed by atoms with Crippen molar-refractivity contribution >= 4 is 0 Å². The third-order valence-electron chi connectivity index (χ3n) is 6.00. The molecule has 0 amide bonds. The Morgan fingerprint density at radius 1 is 1.21 bits per heavy atom. The van der Waals surface area contributed by atoms with Crippen LogP contribution in [0.15, 0.2) is 48.5 Å². The van der Waals surface area contributed by atoms with E-state index in [1.807, 2.05) is 37.3 Å². The average molecular weight is 461 g/mol. The summed E-state index contributed by atoms with van der Waals surface area (Å²) in [6.45, 7) is 3.27. The van der Waals surface area contributed by atoms with Crippen LogP contribution >= 0.6 is 0 Å². The molecule has 1 saturated heterocycles. The van der Waals surface area contributed by atoms with Crippen LogP contribution in [0.4, 0.5) is 13.2 Å². The van der Waals surface area contributed by atoms with Gasteiger partial charge in [-0.3, -0.25) is 0 Å². The predicted molar refractivity (Wildman–Crippen MR) is 117 cm³/mol. The van der Waals surface area contributed by atoms with Crippen LogP contribution in [0.5, 0.6) is 5.75 Å². The summed E-state index contributed by atoms with van der Waals surface area (Å²) in [5.41, 5.74) is 8.05. The number of aromatic nitrogens is 4. The molecule has 1 aromatic heterocycles. The van der Waals surface area contributed by atoms with E-state index in [1.165, 1.54) is 6.07 Å². The van der Waals surface area contributed by atoms with Crippen molar-refractivity contribution in [3.63, 3.8) is 0 Å². The first-order valence-electron chi connectivity index (χ1n) is 11.0. The molecule has 1 aliphatic heterocycles. The van der Waals surface area contributed by atoms with Crippen molar-refractivity contribution in [2.24, 2.45) is 5.73 Å². The van der Waals surface area contributed by atoms with Crippen molar-refractivity contribution in [3.05, 3.63) is 65.5 Å². The number of hydrogen-bond acceptors (Lipinski definition) is 6. The molecule has 7 nitrogen and oxygen atoms in total. The molecular weight excluding hydrogens is 433 g/mol. The largest absolute Gasteiger partial charge is 0.493 e. The second-order valence-electron chi connectivity index (χ2n) is 8.24. The molecule has 2 aromatic carbocycles. The van der Waals surface area contributed by atoms with Crippen molar-refractivity contribution in [2.75, 3.05) is 13.2 Å². The van der Waals surface area contributed by atoms with Crippen LogP contribution in [-0.4, -0.2) is 39.4 Å². The van der Waals surface area contributed by atoms with E-state index < -0.39 is 17.5 Å². The van der Waals surface area contributed by atoms with E-state index in [1.54, 1.807) is 12.1 Å². The molecule has 176 valence electrons. The zero-order valence-electron chi connectivity index (χ0n) is 18.3. The fraction of sp³-hybridized carbons (Fsp3) is 0.435. The third kappa shape index (κ3) is 4.72. The van der Waals surface area contributed by atoms with E-state index in [9.17, 15) is 13.2 Å². The molecule has 1 aliphatic rings. The Morgan fingerprint density at radius 3 is 2.70 bits per heavy atom. The van der Waals surface area contributed by atoms with Gasteiger partial charge in [0.25, 0.3) is 5.82 Å². The van der Waals surface area contributed by atoms with Crippen LogP contribution in [0.25, 0.3) is 5.69 Å². The number of halogens is 3. The van der Waals surface area contributed by atoms with Crippen molar-refractivity contribution in [1.29, 1.82) is 0 Å². The van der Waals surface area contributed by atoms with Gasteiger partial charge in [0.1, 0.15) is 5.75 Å². The van der Waals surface area contributed by atoms with Crippen LogP contribution in [-0.2, 0) is 18.1 Å². The number of rotatable bonds is 7. The molecule has 2 atom stereocenters. The highest BCUT2D eigenvalue weighted by atomic mass is 19.4. The monoisotopic (exact) mass is 460 g/mol. The highest BCUT2D eigenvalue weighted by molar-refractivity contribution is 5.46. The number of nitrogens with two attached hydrogens (primary N) is 1. The lowest BCUT2D eigenvalue weighted by atomic mass is 9.74. The maximum Gasteiger partial charge on any atom is 0.453 e. The van der Waals surface area contributed by atoms with Crippen LogP contribution < -0.4 is 15.8 Å². The fourth-order valence-corrected chi connectivity index (χ4v) is 4.39. The third-order valence-corrected chi connectivity index (χ3v) is 6.00. The summed E-state index contributed by atoms with van der Waals surface area (Å²) in [5, 5.41) is 13.6. The summed E-state index contributed by atoms with van der Waals surface area (Å²) in [4.78, 5) is 0. The highest BCUT2D eigenvalue weighted by Crippen LogP contribution is 2.37. The van der Waals surface area contributed by atoms with Gasteiger partial charge in [-0.1, -0.05) is 37.3 Å². The summed E-state index contributed by atoms with van der Waals surface area (Å²) >= 11 is 0. The summed E-state index contributed by atoms with van der Waals surface area (Å²) < 4.78 is 46.9. The number of ether oxygens (including phenoxy) is 1. The van der Waals surface area contributed by atoms with E-state index in [-0.39, 0.29) is 11.7 Å². The topological polar surface area (TPSA) is 90.9 Å². The number of piperidine rings is 1. The zero-order valence-corrected chi connectivity index (χ0v) is 18.3. The minimum absolute atomic E-state index is 0.185. The molecule has 0 radical (unpaired) electrons. The molecule has 4 rings (SSSR count). The molecule has 0 aliphatic carbocycles. The minimum atomic E-state index is -4.68. The van der Waals surface area contributed by atoms with Crippen LogP contribution in [0.2, 0.25) is 0 Å². The Labute approximate surface area is 190 Å². The van der Waals surface area contributed by atoms with Crippen molar-refractivity contribution in [1.82, 2.24) is 25.5 Å². The second kappa shape index (κ2) is 9.48. The number of nitrogens with one attached hydrogen (secondary N) is 1. The predicted octanol–water partition coefficient (Wildman–Crippen LogP) is 3.62. The zero-order chi connectivity index (χ0) is 23.5. The smallest absolute Gasteiger partial charge is 0.453 e. The molecule has 3 N–H and O–H groups in total. The van der Waals surface area contributed by atoms with Gasteiger partial charge in [-0.2, -0.15) is 17.9 Å². The van der Waals surface area contributed by atoms with E-state index in [0.29, 0.717) is 23.5 Å². The van der Waals surface area contributed by atoms with Gasteiger partial charge in [0.05, 0.1) is 17.8 Å². The highest BCUT2D eigenvalue weighted by Gasteiger charge is 2.41. The van der Waals surface area contributed by atoms with Gasteiger partial charge >= 0.3 is 6.18 Å². The van der Waals surface area contributed by atoms with Crippen LogP contribution in [0, 0.1) is 0 Å². The molecule has 2 heterocycles. The van der Waals surface area contributed by atoms with Crippen LogP contribution in [0.3, 0.4) is 0 Å². The molecule has 0 unspecified atom stereocenters.